The van der Waals surface area contributed by atoms with Crippen LogP contribution in [-0.4, -0.2) is 23.8 Å². The lowest BCUT2D eigenvalue weighted by molar-refractivity contribution is -0.139. The molecule has 0 aromatic carbocycles. The van der Waals surface area contributed by atoms with Crippen LogP contribution in [0.3, 0.4) is 0 Å². The molecule has 0 aliphatic heterocycles. The maximum absolute atomic E-state index is 11.3. The fraction of sp³-hybridized carbons (Fsp3) is 0.222. The maximum atomic E-state index is 11.3. The summed E-state index contributed by atoms with van der Waals surface area (Å²) >= 11 is 0. The van der Waals surface area contributed by atoms with E-state index in [1.54, 1.807) is 18.3 Å². The number of carbonyl (C=O) groups excluding carboxylic acids is 2. The van der Waals surface area contributed by atoms with Crippen molar-refractivity contribution in [3.8, 4) is 0 Å². The molecule has 0 aliphatic rings. The first-order chi connectivity index (χ1) is 6.24. The number of methoxy groups -OCH3 is 1. The number of aromatic nitrogens is 1. The first kappa shape index (κ1) is 16.3. The van der Waals surface area contributed by atoms with Crippen LogP contribution in [0.2, 0.25) is 0 Å². The van der Waals surface area contributed by atoms with E-state index >= 15 is 0 Å². The summed E-state index contributed by atoms with van der Waals surface area (Å²) in [6.07, 6.45) is 2.75. The largest absolute Gasteiger partial charge is 0.469 e. The van der Waals surface area contributed by atoms with Crippen molar-refractivity contribution < 1.29 is 14.3 Å². The molecule has 1 aromatic rings. The minimum Gasteiger partial charge on any atom is -0.469 e. The van der Waals surface area contributed by atoms with E-state index in [2.05, 4.69) is 9.72 Å². The fourth-order valence-corrected chi connectivity index (χ4v) is 0.833. The van der Waals surface area contributed by atoms with Crippen LogP contribution in [0.25, 0.3) is 0 Å². The van der Waals surface area contributed by atoms with Gasteiger partial charge in [-0.25, -0.2) is 0 Å². The monoisotopic (exact) mass is 251 g/mol. The van der Waals surface area contributed by atoms with Gasteiger partial charge >= 0.3 is 5.97 Å². The van der Waals surface area contributed by atoms with Gasteiger partial charge in [-0.15, -0.1) is 24.8 Å². The van der Waals surface area contributed by atoms with Crippen LogP contribution in [0.15, 0.2) is 24.5 Å². The summed E-state index contributed by atoms with van der Waals surface area (Å²) in [5.74, 6) is -0.811. The van der Waals surface area contributed by atoms with Gasteiger partial charge in [-0.2, -0.15) is 0 Å². The zero-order valence-electron chi connectivity index (χ0n) is 8.00. The molecule has 0 bridgehead atoms. The van der Waals surface area contributed by atoms with Crippen molar-refractivity contribution in [3.63, 3.8) is 0 Å². The molecule has 0 aliphatic carbocycles. The summed E-state index contributed by atoms with van der Waals surface area (Å²) < 4.78 is 4.36. The average molecular weight is 252 g/mol. The van der Waals surface area contributed by atoms with Crippen LogP contribution in [0.4, 0.5) is 0 Å². The lowest BCUT2D eigenvalue weighted by Gasteiger charge is -1.97. The van der Waals surface area contributed by atoms with Gasteiger partial charge in [0.2, 0.25) is 0 Å². The quantitative estimate of drug-likeness (QED) is 0.466. The molecular weight excluding hydrogens is 241 g/mol. The smallest absolute Gasteiger partial charge is 0.313 e. The molecule has 0 saturated heterocycles. The number of carbonyl (C=O) groups is 2. The SMILES string of the molecule is COC(=O)CC(=O)c1cccnc1.Cl.Cl. The summed E-state index contributed by atoms with van der Waals surface area (Å²) in [7, 11) is 1.25. The van der Waals surface area contributed by atoms with Gasteiger partial charge in [-0.3, -0.25) is 14.6 Å². The van der Waals surface area contributed by atoms with E-state index in [-0.39, 0.29) is 37.0 Å². The Morgan fingerprint density at radius 3 is 2.53 bits per heavy atom. The Morgan fingerprint density at radius 1 is 1.40 bits per heavy atom. The minimum absolute atomic E-state index is 0. The highest BCUT2D eigenvalue weighted by atomic mass is 35.5. The topological polar surface area (TPSA) is 56.3 Å². The van der Waals surface area contributed by atoms with E-state index in [1.165, 1.54) is 13.3 Å². The molecular formula is C9H11Cl2NO3. The van der Waals surface area contributed by atoms with Crippen molar-refractivity contribution >= 4 is 36.6 Å². The highest BCUT2D eigenvalue weighted by Crippen LogP contribution is 2.01. The van der Waals surface area contributed by atoms with Crippen LogP contribution >= 0.6 is 24.8 Å². The number of esters is 1. The van der Waals surface area contributed by atoms with Crippen LogP contribution in [0, 0.1) is 0 Å². The van der Waals surface area contributed by atoms with Crippen molar-refractivity contribution in [2.75, 3.05) is 7.11 Å². The van der Waals surface area contributed by atoms with Gasteiger partial charge in [-0.05, 0) is 12.1 Å². The predicted octanol–water partition coefficient (Wildman–Crippen LogP) is 1.67. The van der Waals surface area contributed by atoms with E-state index < -0.39 is 5.97 Å². The number of hydrogen-bond acceptors (Lipinski definition) is 4. The Balaban J connectivity index is 0. The average Bonchev–Trinajstić information content (AvgIpc) is 2.19. The predicted molar refractivity (Wildman–Crippen MR) is 59.7 cm³/mol. The van der Waals surface area contributed by atoms with E-state index in [0.717, 1.165) is 0 Å². The van der Waals surface area contributed by atoms with Crippen LogP contribution in [0.5, 0.6) is 0 Å². The summed E-state index contributed by atoms with van der Waals surface area (Å²) in [6.45, 7) is 0. The number of Topliss-reactive ketones (excluding diaryl/α,β-unsaturated/α-hetero) is 1. The van der Waals surface area contributed by atoms with Crippen LogP contribution in [0.1, 0.15) is 16.8 Å². The zero-order chi connectivity index (χ0) is 9.68. The second-order valence-electron chi connectivity index (χ2n) is 2.42. The van der Waals surface area contributed by atoms with Crippen molar-refractivity contribution in [1.29, 1.82) is 0 Å². The van der Waals surface area contributed by atoms with E-state index in [1.807, 2.05) is 0 Å². The highest BCUT2D eigenvalue weighted by Gasteiger charge is 2.11. The van der Waals surface area contributed by atoms with Crippen LogP contribution < -0.4 is 0 Å². The standard InChI is InChI=1S/C9H9NO3.2ClH/c1-13-9(12)5-8(11)7-3-2-4-10-6-7;;/h2-4,6H,5H2,1H3;2*1H. The number of hydrogen-bond donors (Lipinski definition) is 0. The van der Waals surface area contributed by atoms with Crippen LogP contribution in [-0.2, 0) is 9.53 Å². The zero-order valence-corrected chi connectivity index (χ0v) is 9.64. The first-order valence-corrected chi connectivity index (χ1v) is 3.74. The second-order valence-corrected chi connectivity index (χ2v) is 2.42. The Morgan fingerprint density at radius 2 is 2.07 bits per heavy atom. The Hall–Kier alpha value is -1.13. The number of ether oxygens (including phenoxy) is 1. The Kier molecular flexibility index (Phi) is 8.91. The van der Waals surface area contributed by atoms with Gasteiger partial charge in [0.1, 0.15) is 6.42 Å². The normalized spacial score (nSPS) is 8.07. The number of nitrogens with zero attached hydrogens (tertiary/aromatic N) is 1. The minimum atomic E-state index is -0.533. The summed E-state index contributed by atoms with van der Waals surface area (Å²) in [5.41, 5.74) is 0.424. The molecule has 0 saturated carbocycles. The van der Waals surface area contributed by atoms with Crippen molar-refractivity contribution in [3.05, 3.63) is 30.1 Å². The van der Waals surface area contributed by atoms with E-state index in [0.29, 0.717) is 5.56 Å². The fourth-order valence-electron chi connectivity index (χ4n) is 0.833. The molecule has 0 spiro atoms. The molecule has 1 rings (SSSR count). The molecule has 4 nitrogen and oxygen atoms in total. The molecule has 0 amide bonds. The van der Waals surface area contributed by atoms with Crippen molar-refractivity contribution in [2.24, 2.45) is 0 Å². The lowest BCUT2D eigenvalue weighted by atomic mass is 10.1. The van der Waals surface area contributed by atoms with Gasteiger partial charge < -0.3 is 4.74 Å². The summed E-state index contributed by atoms with van der Waals surface area (Å²) in [4.78, 5) is 25.8. The molecule has 6 heteroatoms. The summed E-state index contributed by atoms with van der Waals surface area (Å²) in [5, 5.41) is 0. The Bertz CT molecular complexity index is 316. The molecule has 0 atom stereocenters. The molecule has 1 heterocycles. The van der Waals surface area contributed by atoms with Gasteiger partial charge in [0, 0.05) is 18.0 Å². The van der Waals surface area contributed by atoms with Crippen molar-refractivity contribution in [1.82, 2.24) is 4.98 Å². The lowest BCUT2D eigenvalue weighted by Crippen LogP contribution is -2.09. The molecule has 0 radical (unpaired) electrons. The molecule has 1 aromatic heterocycles. The third-order valence-electron chi connectivity index (χ3n) is 1.52. The van der Waals surface area contributed by atoms with Crippen molar-refractivity contribution in [2.45, 2.75) is 6.42 Å². The molecule has 0 fully saturated rings. The molecule has 0 unspecified atom stereocenters. The number of halogens is 2. The molecule has 15 heavy (non-hydrogen) atoms. The maximum Gasteiger partial charge on any atom is 0.313 e. The number of rotatable bonds is 3. The molecule has 0 N–H and O–H groups in total. The Labute approximate surface area is 99.9 Å². The number of ketones is 1. The van der Waals surface area contributed by atoms with Gasteiger partial charge in [0.15, 0.2) is 5.78 Å². The highest BCUT2D eigenvalue weighted by molar-refractivity contribution is 6.05. The summed E-state index contributed by atoms with van der Waals surface area (Å²) in [6, 6.07) is 3.25. The molecule has 84 valence electrons. The van der Waals surface area contributed by atoms with E-state index in [9.17, 15) is 9.59 Å². The first-order valence-electron chi connectivity index (χ1n) is 3.74. The number of pyridine rings is 1. The van der Waals surface area contributed by atoms with Gasteiger partial charge in [0.25, 0.3) is 0 Å². The van der Waals surface area contributed by atoms with Gasteiger partial charge in [-0.1, -0.05) is 0 Å². The second kappa shape index (κ2) is 8.20. The third kappa shape index (κ3) is 5.34. The third-order valence-corrected chi connectivity index (χ3v) is 1.52. The van der Waals surface area contributed by atoms with Gasteiger partial charge in [0.05, 0.1) is 7.11 Å². The van der Waals surface area contributed by atoms with E-state index in [4.69, 9.17) is 0 Å².